The zero-order valence-electron chi connectivity index (χ0n) is 9.58. The first-order chi connectivity index (χ1) is 7.33. The summed E-state index contributed by atoms with van der Waals surface area (Å²) in [5.41, 5.74) is 1.97. The van der Waals surface area contributed by atoms with Crippen LogP contribution in [0.15, 0.2) is 12.4 Å². The molecule has 4 heteroatoms. The van der Waals surface area contributed by atoms with Gasteiger partial charge < -0.3 is 10.6 Å². The fourth-order valence-electron chi connectivity index (χ4n) is 1.24. The van der Waals surface area contributed by atoms with Gasteiger partial charge in [-0.05, 0) is 33.0 Å². The molecule has 1 aromatic heterocycles. The molecule has 0 atom stereocenters. The van der Waals surface area contributed by atoms with Crippen LogP contribution in [-0.2, 0) is 6.54 Å². The molecule has 1 rings (SSSR count). The SMILES string of the molecule is CCNCCCNCc1cnc(C)cn1. The van der Waals surface area contributed by atoms with Crippen LogP contribution in [0.25, 0.3) is 0 Å². The lowest BCUT2D eigenvalue weighted by molar-refractivity contribution is 0.600. The monoisotopic (exact) mass is 208 g/mol. The first kappa shape index (κ1) is 12.1. The van der Waals surface area contributed by atoms with Crippen molar-refractivity contribution < 1.29 is 0 Å². The molecule has 4 nitrogen and oxygen atoms in total. The largest absolute Gasteiger partial charge is 0.317 e. The summed E-state index contributed by atoms with van der Waals surface area (Å²) in [5.74, 6) is 0. The highest BCUT2D eigenvalue weighted by Crippen LogP contribution is 1.92. The summed E-state index contributed by atoms with van der Waals surface area (Å²) < 4.78 is 0. The van der Waals surface area contributed by atoms with E-state index >= 15 is 0 Å². The van der Waals surface area contributed by atoms with Crippen LogP contribution in [0.3, 0.4) is 0 Å². The fourth-order valence-corrected chi connectivity index (χ4v) is 1.24. The van der Waals surface area contributed by atoms with E-state index in [1.165, 1.54) is 0 Å². The third-order valence-corrected chi connectivity index (χ3v) is 2.10. The molecule has 15 heavy (non-hydrogen) atoms. The van der Waals surface area contributed by atoms with Gasteiger partial charge in [0.25, 0.3) is 0 Å². The Hall–Kier alpha value is -1.00. The van der Waals surface area contributed by atoms with Crippen LogP contribution in [-0.4, -0.2) is 29.6 Å². The van der Waals surface area contributed by atoms with Gasteiger partial charge in [0.1, 0.15) is 0 Å². The average Bonchev–Trinajstić information content (AvgIpc) is 2.26. The minimum Gasteiger partial charge on any atom is -0.317 e. The Morgan fingerprint density at radius 3 is 2.60 bits per heavy atom. The van der Waals surface area contributed by atoms with Crippen LogP contribution >= 0.6 is 0 Å². The number of hydrogen-bond acceptors (Lipinski definition) is 4. The van der Waals surface area contributed by atoms with Crippen molar-refractivity contribution in [3.8, 4) is 0 Å². The molecule has 1 heterocycles. The summed E-state index contributed by atoms with van der Waals surface area (Å²) in [6.45, 7) is 8.00. The second kappa shape index (κ2) is 7.31. The van der Waals surface area contributed by atoms with E-state index < -0.39 is 0 Å². The summed E-state index contributed by atoms with van der Waals surface area (Å²) in [7, 11) is 0. The predicted octanol–water partition coefficient (Wildman–Crippen LogP) is 0.874. The van der Waals surface area contributed by atoms with Crippen molar-refractivity contribution in [2.45, 2.75) is 26.8 Å². The number of hydrogen-bond donors (Lipinski definition) is 2. The van der Waals surface area contributed by atoms with E-state index in [1.54, 1.807) is 6.20 Å². The Bertz CT molecular complexity index is 258. The smallest absolute Gasteiger partial charge is 0.0724 e. The number of aryl methyl sites for hydroxylation is 1. The number of nitrogens with one attached hydrogen (secondary N) is 2. The van der Waals surface area contributed by atoms with Crippen LogP contribution in [0.5, 0.6) is 0 Å². The Kier molecular flexibility index (Phi) is 5.88. The molecule has 0 fully saturated rings. The van der Waals surface area contributed by atoms with Crippen molar-refractivity contribution in [3.63, 3.8) is 0 Å². The van der Waals surface area contributed by atoms with Gasteiger partial charge >= 0.3 is 0 Å². The Morgan fingerprint density at radius 2 is 1.93 bits per heavy atom. The Balaban J connectivity index is 2.07. The summed E-state index contributed by atoms with van der Waals surface area (Å²) in [4.78, 5) is 8.46. The van der Waals surface area contributed by atoms with Gasteiger partial charge in [-0.25, -0.2) is 0 Å². The molecule has 0 aliphatic rings. The Labute approximate surface area is 91.5 Å². The van der Waals surface area contributed by atoms with Crippen molar-refractivity contribution in [1.82, 2.24) is 20.6 Å². The van der Waals surface area contributed by atoms with Gasteiger partial charge in [0.05, 0.1) is 11.4 Å². The van der Waals surface area contributed by atoms with E-state index in [4.69, 9.17) is 0 Å². The summed E-state index contributed by atoms with van der Waals surface area (Å²) >= 11 is 0. The van der Waals surface area contributed by atoms with Crippen molar-refractivity contribution in [2.75, 3.05) is 19.6 Å². The number of nitrogens with zero attached hydrogens (tertiary/aromatic N) is 2. The number of rotatable bonds is 7. The molecule has 0 unspecified atom stereocenters. The Morgan fingerprint density at radius 1 is 1.13 bits per heavy atom. The zero-order valence-corrected chi connectivity index (χ0v) is 9.58. The first-order valence-electron chi connectivity index (χ1n) is 5.52. The van der Waals surface area contributed by atoms with Gasteiger partial charge in [-0.2, -0.15) is 0 Å². The minimum absolute atomic E-state index is 0.805. The lowest BCUT2D eigenvalue weighted by Crippen LogP contribution is -2.21. The van der Waals surface area contributed by atoms with Crippen LogP contribution in [0.2, 0.25) is 0 Å². The fraction of sp³-hybridized carbons (Fsp3) is 0.636. The highest BCUT2D eigenvalue weighted by atomic mass is 14.9. The molecular formula is C11H20N4. The molecule has 0 aromatic carbocycles. The highest BCUT2D eigenvalue weighted by molar-refractivity contribution is 4.99. The van der Waals surface area contributed by atoms with Crippen LogP contribution in [0.4, 0.5) is 0 Å². The van der Waals surface area contributed by atoms with Crippen LogP contribution < -0.4 is 10.6 Å². The molecule has 0 amide bonds. The van der Waals surface area contributed by atoms with Crippen LogP contribution in [0, 0.1) is 6.92 Å². The van der Waals surface area contributed by atoms with Gasteiger partial charge in [0.15, 0.2) is 0 Å². The second-order valence-electron chi connectivity index (χ2n) is 3.53. The van der Waals surface area contributed by atoms with Crippen molar-refractivity contribution in [1.29, 1.82) is 0 Å². The summed E-state index contributed by atoms with van der Waals surface area (Å²) in [6.07, 6.45) is 4.77. The summed E-state index contributed by atoms with van der Waals surface area (Å²) in [6, 6.07) is 0. The third kappa shape index (κ3) is 5.44. The second-order valence-corrected chi connectivity index (χ2v) is 3.53. The van der Waals surface area contributed by atoms with E-state index in [2.05, 4.69) is 27.5 Å². The van der Waals surface area contributed by atoms with Crippen LogP contribution in [0.1, 0.15) is 24.7 Å². The van der Waals surface area contributed by atoms with Crippen molar-refractivity contribution in [3.05, 3.63) is 23.8 Å². The van der Waals surface area contributed by atoms with Gasteiger partial charge in [-0.3, -0.25) is 9.97 Å². The lowest BCUT2D eigenvalue weighted by atomic mass is 10.4. The molecule has 0 spiro atoms. The molecule has 2 N–H and O–H groups in total. The van der Waals surface area contributed by atoms with Crippen molar-refractivity contribution >= 4 is 0 Å². The molecule has 0 bridgehead atoms. The molecule has 0 aliphatic heterocycles. The maximum atomic E-state index is 4.27. The van der Waals surface area contributed by atoms with E-state index in [9.17, 15) is 0 Å². The minimum atomic E-state index is 0.805. The van der Waals surface area contributed by atoms with Gasteiger partial charge in [0, 0.05) is 18.9 Å². The first-order valence-corrected chi connectivity index (χ1v) is 5.52. The topological polar surface area (TPSA) is 49.8 Å². The van der Waals surface area contributed by atoms with Gasteiger partial charge in [-0.1, -0.05) is 6.92 Å². The van der Waals surface area contributed by atoms with Gasteiger partial charge in [0.2, 0.25) is 0 Å². The predicted molar refractivity (Wildman–Crippen MR) is 61.6 cm³/mol. The highest BCUT2D eigenvalue weighted by Gasteiger charge is 1.94. The zero-order chi connectivity index (χ0) is 10.9. The molecule has 1 aromatic rings. The normalized spacial score (nSPS) is 10.5. The molecule has 0 aliphatic carbocycles. The lowest BCUT2D eigenvalue weighted by Gasteiger charge is -2.04. The maximum Gasteiger partial charge on any atom is 0.0724 e. The van der Waals surface area contributed by atoms with E-state index in [-0.39, 0.29) is 0 Å². The van der Waals surface area contributed by atoms with Gasteiger partial charge in [-0.15, -0.1) is 0 Å². The maximum absolute atomic E-state index is 4.27. The molecule has 84 valence electrons. The molecule has 0 saturated carbocycles. The standard InChI is InChI=1S/C11H20N4/c1-3-12-5-4-6-13-8-11-9-14-10(2)7-15-11/h7,9,12-13H,3-6,8H2,1-2H3. The molecular weight excluding hydrogens is 188 g/mol. The van der Waals surface area contributed by atoms with E-state index in [0.29, 0.717) is 0 Å². The summed E-state index contributed by atoms with van der Waals surface area (Å²) in [5, 5.41) is 6.62. The third-order valence-electron chi connectivity index (χ3n) is 2.10. The van der Waals surface area contributed by atoms with Crippen molar-refractivity contribution in [2.24, 2.45) is 0 Å². The van der Waals surface area contributed by atoms with E-state index in [0.717, 1.165) is 44.0 Å². The quantitative estimate of drug-likeness (QED) is 0.653. The van der Waals surface area contributed by atoms with E-state index in [1.807, 2.05) is 13.1 Å². The molecule has 0 radical (unpaired) electrons. The molecule has 0 saturated heterocycles. The average molecular weight is 208 g/mol. The number of aromatic nitrogens is 2.